The summed E-state index contributed by atoms with van der Waals surface area (Å²) in [5.41, 5.74) is 1.69. The molecular formula is C25H22N4O5. The summed E-state index contributed by atoms with van der Waals surface area (Å²) in [4.78, 5) is 28.7. The highest BCUT2D eigenvalue weighted by Crippen LogP contribution is 2.19. The normalized spacial score (nSPS) is 10.4. The first-order valence-electron chi connectivity index (χ1n) is 10.5. The fourth-order valence-corrected chi connectivity index (χ4v) is 2.98. The SMILES string of the molecule is Cc1nc(COc2ccc(C(=O)Nc3cccc(OCC(=O)Nc4ccccc4)c3)cc2)no1. The molecule has 34 heavy (non-hydrogen) atoms. The first-order valence-corrected chi connectivity index (χ1v) is 10.5. The molecule has 0 saturated carbocycles. The van der Waals surface area contributed by atoms with Crippen LogP contribution >= 0.6 is 0 Å². The predicted molar refractivity (Wildman–Crippen MR) is 125 cm³/mol. The van der Waals surface area contributed by atoms with Crippen molar-refractivity contribution in [2.24, 2.45) is 0 Å². The van der Waals surface area contributed by atoms with Crippen LogP contribution in [0.2, 0.25) is 0 Å². The Kier molecular flexibility index (Phi) is 7.14. The third kappa shape index (κ3) is 6.42. The second kappa shape index (κ2) is 10.8. The molecule has 172 valence electrons. The molecule has 0 aliphatic rings. The molecule has 3 aromatic carbocycles. The zero-order valence-electron chi connectivity index (χ0n) is 18.4. The molecule has 4 rings (SSSR count). The highest BCUT2D eigenvalue weighted by atomic mass is 16.5. The summed E-state index contributed by atoms with van der Waals surface area (Å²) in [5.74, 6) is 1.37. The third-order valence-corrected chi connectivity index (χ3v) is 4.57. The first kappa shape index (κ1) is 22.5. The lowest BCUT2D eigenvalue weighted by Crippen LogP contribution is -2.20. The molecular weight excluding hydrogens is 436 g/mol. The highest BCUT2D eigenvalue weighted by Gasteiger charge is 2.09. The second-order valence-corrected chi connectivity index (χ2v) is 7.23. The number of para-hydroxylation sites is 1. The lowest BCUT2D eigenvalue weighted by Gasteiger charge is -2.10. The lowest BCUT2D eigenvalue weighted by atomic mass is 10.2. The van der Waals surface area contributed by atoms with Crippen LogP contribution in [0.4, 0.5) is 11.4 Å². The van der Waals surface area contributed by atoms with E-state index in [0.717, 1.165) is 0 Å². The molecule has 0 radical (unpaired) electrons. The number of aryl methyl sites for hydroxylation is 1. The number of carbonyl (C=O) groups is 2. The van der Waals surface area contributed by atoms with E-state index in [-0.39, 0.29) is 25.0 Å². The average molecular weight is 458 g/mol. The van der Waals surface area contributed by atoms with Crippen molar-refractivity contribution in [3.05, 3.63) is 96.1 Å². The van der Waals surface area contributed by atoms with E-state index >= 15 is 0 Å². The quantitative estimate of drug-likeness (QED) is 0.386. The highest BCUT2D eigenvalue weighted by molar-refractivity contribution is 6.04. The zero-order chi connectivity index (χ0) is 23.8. The number of ether oxygens (including phenoxy) is 2. The van der Waals surface area contributed by atoms with Gasteiger partial charge in [-0.25, -0.2) is 0 Å². The Morgan fingerprint density at radius 1 is 0.853 bits per heavy atom. The Balaban J connectivity index is 1.28. The molecule has 1 heterocycles. The van der Waals surface area contributed by atoms with Crippen LogP contribution in [0.25, 0.3) is 0 Å². The van der Waals surface area contributed by atoms with Gasteiger partial charge in [0.25, 0.3) is 11.8 Å². The molecule has 0 fully saturated rings. The van der Waals surface area contributed by atoms with Crippen LogP contribution in [-0.4, -0.2) is 28.6 Å². The Hall–Kier alpha value is -4.66. The van der Waals surface area contributed by atoms with E-state index in [1.165, 1.54) is 0 Å². The molecule has 0 aliphatic carbocycles. The van der Waals surface area contributed by atoms with Gasteiger partial charge in [0.1, 0.15) is 11.5 Å². The molecule has 9 nitrogen and oxygen atoms in total. The lowest BCUT2D eigenvalue weighted by molar-refractivity contribution is -0.118. The Labute approximate surface area is 195 Å². The van der Waals surface area contributed by atoms with Gasteiger partial charge in [0.2, 0.25) is 11.7 Å². The molecule has 0 saturated heterocycles. The van der Waals surface area contributed by atoms with Crippen molar-refractivity contribution in [1.29, 1.82) is 0 Å². The van der Waals surface area contributed by atoms with Crippen LogP contribution < -0.4 is 20.1 Å². The number of rotatable bonds is 9. The van der Waals surface area contributed by atoms with E-state index in [9.17, 15) is 9.59 Å². The number of carbonyl (C=O) groups excluding carboxylic acids is 2. The smallest absolute Gasteiger partial charge is 0.262 e. The molecule has 0 atom stereocenters. The zero-order valence-corrected chi connectivity index (χ0v) is 18.4. The number of nitrogens with one attached hydrogen (secondary N) is 2. The van der Waals surface area contributed by atoms with Gasteiger partial charge in [-0.2, -0.15) is 4.98 Å². The molecule has 2 N–H and O–H groups in total. The maximum absolute atomic E-state index is 12.6. The number of benzene rings is 3. The Bertz CT molecular complexity index is 1260. The fraction of sp³-hybridized carbons (Fsp3) is 0.120. The summed E-state index contributed by atoms with van der Waals surface area (Å²) in [7, 11) is 0. The average Bonchev–Trinajstić information content (AvgIpc) is 3.28. The van der Waals surface area contributed by atoms with Gasteiger partial charge in [0.05, 0.1) is 0 Å². The third-order valence-electron chi connectivity index (χ3n) is 4.57. The summed E-state index contributed by atoms with van der Waals surface area (Å²) in [5, 5.41) is 9.33. The minimum Gasteiger partial charge on any atom is -0.485 e. The van der Waals surface area contributed by atoms with Crippen LogP contribution in [-0.2, 0) is 11.4 Å². The van der Waals surface area contributed by atoms with Crippen molar-refractivity contribution in [1.82, 2.24) is 10.1 Å². The van der Waals surface area contributed by atoms with E-state index in [1.807, 2.05) is 18.2 Å². The molecule has 9 heteroatoms. The van der Waals surface area contributed by atoms with Crippen molar-refractivity contribution >= 4 is 23.2 Å². The largest absolute Gasteiger partial charge is 0.485 e. The van der Waals surface area contributed by atoms with Gasteiger partial charge in [-0.3, -0.25) is 9.59 Å². The topological polar surface area (TPSA) is 116 Å². The number of amides is 2. The molecule has 0 unspecified atom stereocenters. The summed E-state index contributed by atoms with van der Waals surface area (Å²) in [6.07, 6.45) is 0. The second-order valence-electron chi connectivity index (χ2n) is 7.23. The van der Waals surface area contributed by atoms with E-state index in [0.29, 0.717) is 40.2 Å². The van der Waals surface area contributed by atoms with Crippen LogP contribution in [0, 0.1) is 6.92 Å². The van der Waals surface area contributed by atoms with Crippen molar-refractivity contribution in [2.75, 3.05) is 17.2 Å². The van der Waals surface area contributed by atoms with E-state index in [2.05, 4.69) is 20.8 Å². The number of hydrogen-bond donors (Lipinski definition) is 2. The summed E-state index contributed by atoms with van der Waals surface area (Å²) >= 11 is 0. The molecule has 4 aromatic rings. The first-order chi connectivity index (χ1) is 16.5. The minimum atomic E-state index is -0.292. The number of anilines is 2. The molecule has 0 spiro atoms. The van der Waals surface area contributed by atoms with Crippen LogP contribution in [0.5, 0.6) is 11.5 Å². The maximum atomic E-state index is 12.6. The van der Waals surface area contributed by atoms with Gasteiger partial charge in [-0.15, -0.1) is 0 Å². The van der Waals surface area contributed by atoms with Crippen molar-refractivity contribution in [2.45, 2.75) is 13.5 Å². The molecule has 2 amide bonds. The van der Waals surface area contributed by atoms with Gasteiger partial charge < -0.3 is 24.6 Å². The van der Waals surface area contributed by atoms with Gasteiger partial charge in [0.15, 0.2) is 13.2 Å². The van der Waals surface area contributed by atoms with Gasteiger partial charge in [-0.05, 0) is 48.5 Å². The van der Waals surface area contributed by atoms with E-state index in [1.54, 1.807) is 67.6 Å². The molecule has 0 aliphatic heterocycles. The van der Waals surface area contributed by atoms with Crippen molar-refractivity contribution < 1.29 is 23.6 Å². The number of nitrogens with zero attached hydrogens (tertiary/aromatic N) is 2. The standard InChI is InChI=1S/C25H22N4O5/c1-17-26-23(29-34-17)15-32-21-12-10-18(11-13-21)25(31)28-20-8-5-9-22(14-20)33-16-24(30)27-19-6-3-2-4-7-19/h2-14H,15-16H2,1H3,(H,27,30)(H,28,31). The van der Waals surface area contributed by atoms with Crippen molar-refractivity contribution in [3.8, 4) is 11.5 Å². The van der Waals surface area contributed by atoms with Gasteiger partial charge in [-0.1, -0.05) is 29.4 Å². The number of hydrogen-bond acceptors (Lipinski definition) is 7. The van der Waals surface area contributed by atoms with E-state index < -0.39 is 0 Å². The summed E-state index contributed by atoms with van der Waals surface area (Å²) in [6.45, 7) is 1.71. The predicted octanol–water partition coefficient (Wildman–Crippen LogP) is 4.23. The minimum absolute atomic E-state index is 0.156. The van der Waals surface area contributed by atoms with Gasteiger partial charge >= 0.3 is 0 Å². The molecule has 0 bridgehead atoms. The number of aromatic nitrogens is 2. The van der Waals surface area contributed by atoms with Gasteiger partial charge in [0, 0.05) is 29.9 Å². The summed E-state index contributed by atoms with van der Waals surface area (Å²) in [6, 6.07) is 22.6. The van der Waals surface area contributed by atoms with Crippen molar-refractivity contribution in [3.63, 3.8) is 0 Å². The maximum Gasteiger partial charge on any atom is 0.262 e. The summed E-state index contributed by atoms with van der Waals surface area (Å²) < 4.78 is 16.0. The fourth-order valence-electron chi connectivity index (χ4n) is 2.98. The van der Waals surface area contributed by atoms with Crippen LogP contribution in [0.15, 0.2) is 83.4 Å². The van der Waals surface area contributed by atoms with E-state index in [4.69, 9.17) is 14.0 Å². The Morgan fingerprint density at radius 3 is 2.35 bits per heavy atom. The van der Waals surface area contributed by atoms with Crippen LogP contribution in [0.1, 0.15) is 22.1 Å². The molecule has 1 aromatic heterocycles. The monoisotopic (exact) mass is 458 g/mol. The Morgan fingerprint density at radius 2 is 1.62 bits per heavy atom. The van der Waals surface area contributed by atoms with Crippen LogP contribution in [0.3, 0.4) is 0 Å².